The lowest BCUT2D eigenvalue weighted by atomic mass is 10.0. The Morgan fingerprint density at radius 1 is 1.12 bits per heavy atom. The van der Waals surface area contributed by atoms with Crippen LogP contribution in [0.2, 0.25) is 5.02 Å². The number of hydrogen-bond acceptors (Lipinski definition) is 1. The van der Waals surface area contributed by atoms with E-state index in [0.29, 0.717) is 11.1 Å². The first-order valence-electron chi connectivity index (χ1n) is 4.87. The molecule has 0 radical (unpaired) electrons. The summed E-state index contributed by atoms with van der Waals surface area (Å²) in [6.45, 7) is 0. The molecule has 0 saturated carbocycles. The van der Waals surface area contributed by atoms with Crippen LogP contribution in [0.15, 0.2) is 42.5 Å². The zero-order valence-electron chi connectivity index (χ0n) is 8.65. The van der Waals surface area contributed by atoms with Crippen molar-refractivity contribution in [3.8, 4) is 11.1 Å². The highest BCUT2D eigenvalue weighted by atomic mass is 35.5. The van der Waals surface area contributed by atoms with Gasteiger partial charge >= 0.3 is 5.97 Å². The summed E-state index contributed by atoms with van der Waals surface area (Å²) >= 11 is 5.95. The average Bonchev–Trinajstić information content (AvgIpc) is 2.30. The Balaban J connectivity index is 2.55. The van der Waals surface area contributed by atoms with Gasteiger partial charge in [-0.2, -0.15) is 0 Å². The minimum absolute atomic E-state index is 0.0788. The monoisotopic (exact) mass is 250 g/mol. The third-order valence-corrected chi connectivity index (χ3v) is 2.69. The van der Waals surface area contributed by atoms with Gasteiger partial charge in [-0.05, 0) is 18.2 Å². The van der Waals surface area contributed by atoms with Crippen LogP contribution in [0.1, 0.15) is 10.4 Å². The highest BCUT2D eigenvalue weighted by Gasteiger charge is 2.11. The summed E-state index contributed by atoms with van der Waals surface area (Å²) in [4.78, 5) is 10.7. The first-order valence-corrected chi connectivity index (χ1v) is 5.25. The van der Waals surface area contributed by atoms with Crippen molar-refractivity contribution in [3.05, 3.63) is 58.9 Å². The van der Waals surface area contributed by atoms with Gasteiger partial charge in [0.2, 0.25) is 0 Å². The summed E-state index contributed by atoms with van der Waals surface area (Å²) in [5.41, 5.74) is 0.916. The minimum atomic E-state index is -1.06. The molecule has 2 nitrogen and oxygen atoms in total. The van der Waals surface area contributed by atoms with Crippen LogP contribution >= 0.6 is 11.6 Å². The molecule has 0 spiro atoms. The maximum atomic E-state index is 13.5. The van der Waals surface area contributed by atoms with E-state index in [4.69, 9.17) is 16.7 Å². The third kappa shape index (κ3) is 2.29. The fourth-order valence-corrected chi connectivity index (χ4v) is 1.83. The molecule has 2 rings (SSSR count). The predicted molar refractivity (Wildman–Crippen MR) is 63.8 cm³/mol. The molecule has 0 aliphatic heterocycles. The molecule has 0 heterocycles. The second kappa shape index (κ2) is 4.55. The first kappa shape index (κ1) is 11.6. The zero-order chi connectivity index (χ0) is 12.4. The topological polar surface area (TPSA) is 37.3 Å². The molecule has 0 saturated heterocycles. The Labute approximate surface area is 102 Å². The predicted octanol–water partition coefficient (Wildman–Crippen LogP) is 3.84. The Bertz CT molecular complexity index is 581. The second-order valence-corrected chi connectivity index (χ2v) is 3.89. The highest BCUT2D eigenvalue weighted by Crippen LogP contribution is 2.30. The van der Waals surface area contributed by atoms with E-state index in [1.165, 1.54) is 24.3 Å². The van der Waals surface area contributed by atoms with Gasteiger partial charge in [-0.15, -0.1) is 0 Å². The van der Waals surface area contributed by atoms with Gasteiger partial charge in [0, 0.05) is 16.1 Å². The van der Waals surface area contributed by atoms with E-state index in [1.807, 2.05) is 0 Å². The van der Waals surface area contributed by atoms with Crippen molar-refractivity contribution in [2.45, 2.75) is 0 Å². The Morgan fingerprint density at radius 3 is 2.41 bits per heavy atom. The van der Waals surface area contributed by atoms with Crippen LogP contribution < -0.4 is 0 Å². The van der Waals surface area contributed by atoms with E-state index < -0.39 is 11.8 Å². The summed E-state index contributed by atoms with van der Waals surface area (Å²) < 4.78 is 13.5. The van der Waals surface area contributed by atoms with Crippen LogP contribution in [0.3, 0.4) is 0 Å². The number of benzene rings is 2. The number of carbonyl (C=O) groups is 1. The standard InChI is InChI=1S/C13H8ClFO2/c14-11-7-8(13(16)17)5-6-9(11)10-3-1-2-4-12(10)15/h1-7H,(H,16,17). The lowest BCUT2D eigenvalue weighted by Crippen LogP contribution is -1.96. The van der Waals surface area contributed by atoms with Crippen LogP contribution in [-0.2, 0) is 0 Å². The van der Waals surface area contributed by atoms with Gasteiger partial charge in [0.15, 0.2) is 0 Å². The number of rotatable bonds is 2. The quantitative estimate of drug-likeness (QED) is 0.879. The SMILES string of the molecule is O=C(O)c1ccc(-c2ccccc2F)c(Cl)c1. The largest absolute Gasteiger partial charge is 0.478 e. The molecule has 0 amide bonds. The minimum Gasteiger partial charge on any atom is -0.478 e. The molecule has 0 bridgehead atoms. The van der Waals surface area contributed by atoms with Crippen molar-refractivity contribution in [1.29, 1.82) is 0 Å². The Kier molecular flexibility index (Phi) is 3.11. The molecule has 0 unspecified atom stereocenters. The molecule has 2 aromatic rings. The third-order valence-electron chi connectivity index (χ3n) is 2.38. The van der Waals surface area contributed by atoms with E-state index in [2.05, 4.69) is 0 Å². The fourth-order valence-electron chi connectivity index (χ4n) is 1.55. The molecular formula is C13H8ClFO2. The van der Waals surface area contributed by atoms with Gasteiger partial charge in [0.1, 0.15) is 5.82 Å². The maximum absolute atomic E-state index is 13.5. The van der Waals surface area contributed by atoms with Crippen molar-refractivity contribution in [1.82, 2.24) is 0 Å². The molecule has 0 atom stereocenters. The van der Waals surface area contributed by atoms with Crippen molar-refractivity contribution in [2.75, 3.05) is 0 Å². The van der Waals surface area contributed by atoms with E-state index >= 15 is 0 Å². The van der Waals surface area contributed by atoms with Crippen LogP contribution in [-0.4, -0.2) is 11.1 Å². The molecule has 0 fully saturated rings. The van der Waals surface area contributed by atoms with Crippen molar-refractivity contribution in [3.63, 3.8) is 0 Å². The average molecular weight is 251 g/mol. The maximum Gasteiger partial charge on any atom is 0.335 e. The molecule has 4 heteroatoms. The van der Waals surface area contributed by atoms with Gasteiger partial charge in [-0.25, -0.2) is 9.18 Å². The highest BCUT2D eigenvalue weighted by molar-refractivity contribution is 6.33. The summed E-state index contributed by atoms with van der Waals surface area (Å²) in [6.07, 6.45) is 0. The number of carboxylic acids is 1. The summed E-state index contributed by atoms with van der Waals surface area (Å²) in [5, 5.41) is 9.01. The van der Waals surface area contributed by atoms with E-state index in [9.17, 15) is 9.18 Å². The van der Waals surface area contributed by atoms with Gasteiger partial charge in [0.05, 0.1) is 5.56 Å². The first-order chi connectivity index (χ1) is 8.09. The van der Waals surface area contributed by atoms with E-state index in [-0.39, 0.29) is 10.6 Å². The van der Waals surface area contributed by atoms with Crippen molar-refractivity contribution in [2.24, 2.45) is 0 Å². The van der Waals surface area contributed by atoms with Crippen LogP contribution in [0.4, 0.5) is 4.39 Å². The fraction of sp³-hybridized carbons (Fsp3) is 0. The second-order valence-electron chi connectivity index (χ2n) is 3.48. The van der Waals surface area contributed by atoms with E-state index in [0.717, 1.165) is 0 Å². The molecule has 0 aliphatic rings. The molecule has 17 heavy (non-hydrogen) atoms. The van der Waals surface area contributed by atoms with Crippen molar-refractivity contribution < 1.29 is 14.3 Å². The Hall–Kier alpha value is -1.87. The zero-order valence-corrected chi connectivity index (χ0v) is 9.41. The lowest BCUT2D eigenvalue weighted by Gasteiger charge is -2.06. The molecule has 2 aromatic carbocycles. The molecule has 0 aliphatic carbocycles. The molecule has 1 N–H and O–H groups in total. The van der Waals surface area contributed by atoms with Crippen molar-refractivity contribution >= 4 is 17.6 Å². The van der Waals surface area contributed by atoms with Crippen LogP contribution in [0, 0.1) is 5.82 Å². The van der Waals surface area contributed by atoms with Crippen LogP contribution in [0.5, 0.6) is 0 Å². The summed E-state index contributed by atoms with van der Waals surface area (Å²) in [5.74, 6) is -1.45. The normalized spacial score (nSPS) is 10.2. The van der Waals surface area contributed by atoms with Gasteiger partial charge < -0.3 is 5.11 Å². The number of carboxylic acid groups (broad SMARTS) is 1. The summed E-state index contributed by atoms with van der Waals surface area (Å²) in [6, 6.07) is 10.4. The lowest BCUT2D eigenvalue weighted by molar-refractivity contribution is 0.0697. The van der Waals surface area contributed by atoms with Crippen LogP contribution in [0.25, 0.3) is 11.1 Å². The number of halogens is 2. The Morgan fingerprint density at radius 2 is 1.82 bits per heavy atom. The van der Waals surface area contributed by atoms with E-state index in [1.54, 1.807) is 18.2 Å². The smallest absolute Gasteiger partial charge is 0.335 e. The summed E-state index contributed by atoms with van der Waals surface area (Å²) in [7, 11) is 0. The number of aromatic carboxylic acids is 1. The van der Waals surface area contributed by atoms with Gasteiger partial charge in [-0.3, -0.25) is 0 Å². The molecular weight excluding hydrogens is 243 g/mol. The van der Waals surface area contributed by atoms with Gasteiger partial charge in [-0.1, -0.05) is 35.9 Å². The molecule has 86 valence electrons. The number of hydrogen-bond donors (Lipinski definition) is 1. The van der Waals surface area contributed by atoms with Gasteiger partial charge in [0.25, 0.3) is 0 Å². The molecule has 0 aromatic heterocycles.